The van der Waals surface area contributed by atoms with E-state index in [0.717, 1.165) is 70.6 Å². The Labute approximate surface area is 277 Å². The summed E-state index contributed by atoms with van der Waals surface area (Å²) in [5.74, 6) is -0.839. The smallest absolute Gasteiger partial charge is 0.306 e. The quantitative estimate of drug-likeness (QED) is 0.0460. The molecule has 10 heteroatoms. The molecule has 0 bridgehead atoms. The summed E-state index contributed by atoms with van der Waals surface area (Å²) in [6.07, 6.45) is 19.5. The zero-order valence-corrected chi connectivity index (χ0v) is 28.6. The molecule has 0 amide bonds. The molecular weight excluding hydrogens is 592 g/mol. The second-order valence-corrected chi connectivity index (χ2v) is 12.3. The van der Waals surface area contributed by atoms with Crippen molar-refractivity contribution in [1.29, 1.82) is 0 Å². The molecule has 0 saturated carbocycles. The standard InChI is InChI=1S/C36H64O10/c1-3-5-7-9-10-11-12-13-14-15-16-17-18-19-21-23-25-32(39)45-29(27-43-31(38)24-22-20-8-6-4-2)28-44-36-35(42)34(41)33(40)30(26-37)46-36/h11-12,14-15,29-30,33-37,40-42H,3-10,13,16-28H2,1-2H3/b12-11-,15-14-. The number of esters is 2. The lowest BCUT2D eigenvalue weighted by molar-refractivity contribution is -0.305. The topological polar surface area (TPSA) is 152 Å². The van der Waals surface area contributed by atoms with Crippen LogP contribution in [0.3, 0.4) is 0 Å². The first kappa shape index (κ1) is 42.2. The molecule has 46 heavy (non-hydrogen) atoms. The number of aliphatic hydroxyl groups is 4. The summed E-state index contributed by atoms with van der Waals surface area (Å²) in [4.78, 5) is 24.9. The Balaban J connectivity index is 2.38. The molecule has 0 spiro atoms. The van der Waals surface area contributed by atoms with Crippen LogP contribution in [0.15, 0.2) is 24.3 Å². The molecule has 6 atom stereocenters. The number of allylic oxidation sites excluding steroid dienone is 4. The highest BCUT2D eigenvalue weighted by molar-refractivity contribution is 5.70. The highest BCUT2D eigenvalue weighted by Crippen LogP contribution is 2.22. The lowest BCUT2D eigenvalue weighted by Crippen LogP contribution is -2.59. The van der Waals surface area contributed by atoms with E-state index in [4.69, 9.17) is 18.9 Å². The molecule has 1 aliphatic heterocycles. The number of ether oxygens (including phenoxy) is 4. The van der Waals surface area contributed by atoms with E-state index in [-0.39, 0.29) is 26.1 Å². The van der Waals surface area contributed by atoms with Crippen LogP contribution in [0.2, 0.25) is 0 Å². The van der Waals surface area contributed by atoms with Crippen molar-refractivity contribution in [3.05, 3.63) is 24.3 Å². The highest BCUT2D eigenvalue weighted by atomic mass is 16.7. The van der Waals surface area contributed by atoms with Gasteiger partial charge in [-0.1, -0.05) is 102 Å². The molecule has 1 fully saturated rings. The van der Waals surface area contributed by atoms with Crippen molar-refractivity contribution in [1.82, 2.24) is 0 Å². The van der Waals surface area contributed by atoms with Gasteiger partial charge in [-0.3, -0.25) is 9.59 Å². The Bertz CT molecular complexity index is 815. The van der Waals surface area contributed by atoms with Gasteiger partial charge in [-0.25, -0.2) is 0 Å². The number of hydrogen-bond acceptors (Lipinski definition) is 10. The average molecular weight is 657 g/mol. The van der Waals surface area contributed by atoms with Crippen LogP contribution in [0.1, 0.15) is 136 Å². The summed E-state index contributed by atoms with van der Waals surface area (Å²) in [6, 6.07) is 0. The summed E-state index contributed by atoms with van der Waals surface area (Å²) in [5, 5.41) is 39.7. The lowest BCUT2D eigenvalue weighted by Gasteiger charge is -2.39. The number of carbonyl (C=O) groups excluding carboxylic acids is 2. The van der Waals surface area contributed by atoms with E-state index in [1.54, 1.807) is 0 Å². The predicted molar refractivity (Wildman–Crippen MR) is 178 cm³/mol. The summed E-state index contributed by atoms with van der Waals surface area (Å²) in [5.41, 5.74) is 0. The second kappa shape index (κ2) is 28.2. The first-order valence-electron chi connectivity index (χ1n) is 17.9. The van der Waals surface area contributed by atoms with Crippen LogP contribution in [0.25, 0.3) is 0 Å². The predicted octanol–water partition coefficient (Wildman–Crippen LogP) is 5.82. The van der Waals surface area contributed by atoms with Gasteiger partial charge in [0.25, 0.3) is 0 Å². The number of unbranched alkanes of at least 4 members (excludes halogenated alkanes) is 13. The van der Waals surface area contributed by atoms with Gasteiger partial charge in [-0.05, 0) is 44.9 Å². The molecule has 1 aliphatic rings. The van der Waals surface area contributed by atoms with Crippen LogP contribution in [-0.4, -0.2) is 89.0 Å². The minimum absolute atomic E-state index is 0.215. The van der Waals surface area contributed by atoms with Gasteiger partial charge < -0.3 is 39.4 Å². The molecule has 0 aliphatic carbocycles. The third-order valence-electron chi connectivity index (χ3n) is 8.09. The molecule has 268 valence electrons. The molecule has 0 aromatic heterocycles. The van der Waals surface area contributed by atoms with E-state index in [1.165, 1.54) is 32.1 Å². The number of carbonyl (C=O) groups is 2. The minimum Gasteiger partial charge on any atom is -0.462 e. The molecule has 6 unspecified atom stereocenters. The number of aliphatic hydroxyl groups excluding tert-OH is 4. The lowest BCUT2D eigenvalue weighted by atomic mass is 9.99. The minimum atomic E-state index is -1.59. The van der Waals surface area contributed by atoms with Gasteiger partial charge in [-0.2, -0.15) is 0 Å². The molecule has 4 N–H and O–H groups in total. The Hall–Kier alpha value is -1.82. The van der Waals surface area contributed by atoms with Crippen LogP contribution in [0.5, 0.6) is 0 Å². The Kier molecular flexibility index (Phi) is 25.9. The van der Waals surface area contributed by atoms with Crippen LogP contribution >= 0.6 is 0 Å². The summed E-state index contributed by atoms with van der Waals surface area (Å²) < 4.78 is 21.9. The second-order valence-electron chi connectivity index (χ2n) is 12.3. The fourth-order valence-electron chi connectivity index (χ4n) is 5.16. The summed E-state index contributed by atoms with van der Waals surface area (Å²) >= 11 is 0. The van der Waals surface area contributed by atoms with Crippen molar-refractivity contribution in [3.63, 3.8) is 0 Å². The van der Waals surface area contributed by atoms with E-state index < -0.39 is 55.4 Å². The Morgan fingerprint density at radius 2 is 1.22 bits per heavy atom. The van der Waals surface area contributed by atoms with Gasteiger partial charge in [0.15, 0.2) is 12.4 Å². The maximum absolute atomic E-state index is 12.6. The van der Waals surface area contributed by atoms with E-state index in [9.17, 15) is 30.0 Å². The van der Waals surface area contributed by atoms with Crippen LogP contribution in [0.4, 0.5) is 0 Å². The van der Waals surface area contributed by atoms with Gasteiger partial charge in [0.05, 0.1) is 13.2 Å². The van der Waals surface area contributed by atoms with Crippen molar-refractivity contribution in [2.75, 3.05) is 19.8 Å². The van der Waals surface area contributed by atoms with Gasteiger partial charge >= 0.3 is 11.9 Å². The SMILES string of the molecule is CCCCCC/C=C\C/C=C\CCCCCCCC(=O)OC(COC(=O)CCCCCCC)COC1OC(CO)C(O)C(O)C1O. The van der Waals surface area contributed by atoms with Gasteiger partial charge in [0.1, 0.15) is 31.0 Å². The van der Waals surface area contributed by atoms with Gasteiger partial charge in [0, 0.05) is 12.8 Å². The fourth-order valence-corrected chi connectivity index (χ4v) is 5.16. The maximum Gasteiger partial charge on any atom is 0.306 e. The first-order valence-corrected chi connectivity index (χ1v) is 17.9. The molecule has 1 saturated heterocycles. The van der Waals surface area contributed by atoms with Gasteiger partial charge in [-0.15, -0.1) is 0 Å². The first-order chi connectivity index (χ1) is 22.3. The Morgan fingerprint density at radius 1 is 0.674 bits per heavy atom. The third kappa shape index (κ3) is 20.4. The van der Waals surface area contributed by atoms with Crippen molar-refractivity contribution in [2.45, 2.75) is 173 Å². The van der Waals surface area contributed by atoms with E-state index in [0.29, 0.717) is 6.42 Å². The normalized spacial score (nSPS) is 22.4. The molecule has 10 nitrogen and oxygen atoms in total. The van der Waals surface area contributed by atoms with E-state index in [1.807, 2.05) is 0 Å². The third-order valence-corrected chi connectivity index (χ3v) is 8.09. The summed E-state index contributed by atoms with van der Waals surface area (Å²) in [6.45, 7) is 3.26. The molecular formula is C36H64O10. The highest BCUT2D eigenvalue weighted by Gasteiger charge is 2.44. The van der Waals surface area contributed by atoms with Crippen LogP contribution in [0, 0.1) is 0 Å². The average Bonchev–Trinajstić information content (AvgIpc) is 3.05. The van der Waals surface area contributed by atoms with Crippen LogP contribution < -0.4 is 0 Å². The molecule has 0 aromatic rings. The van der Waals surface area contributed by atoms with Crippen molar-refractivity contribution < 1.29 is 49.0 Å². The van der Waals surface area contributed by atoms with Gasteiger partial charge in [0.2, 0.25) is 0 Å². The van der Waals surface area contributed by atoms with E-state index >= 15 is 0 Å². The molecule has 1 rings (SSSR count). The summed E-state index contributed by atoms with van der Waals surface area (Å²) in [7, 11) is 0. The number of rotatable bonds is 28. The zero-order valence-electron chi connectivity index (χ0n) is 28.6. The molecule has 0 aromatic carbocycles. The maximum atomic E-state index is 12.6. The zero-order chi connectivity index (χ0) is 33.8. The van der Waals surface area contributed by atoms with E-state index in [2.05, 4.69) is 38.2 Å². The van der Waals surface area contributed by atoms with Crippen LogP contribution in [-0.2, 0) is 28.5 Å². The molecule has 0 radical (unpaired) electrons. The fraction of sp³-hybridized carbons (Fsp3) is 0.833. The monoisotopic (exact) mass is 656 g/mol. The van der Waals surface area contributed by atoms with Crippen molar-refractivity contribution in [3.8, 4) is 0 Å². The Morgan fingerprint density at radius 3 is 1.83 bits per heavy atom. The number of hydrogen-bond donors (Lipinski definition) is 4. The largest absolute Gasteiger partial charge is 0.462 e. The van der Waals surface area contributed by atoms with Crippen molar-refractivity contribution >= 4 is 11.9 Å². The van der Waals surface area contributed by atoms with Crippen molar-refractivity contribution in [2.24, 2.45) is 0 Å². The molecule has 1 heterocycles.